The number of halogens is 1. The van der Waals surface area contributed by atoms with Gasteiger partial charge in [0.25, 0.3) is 0 Å². The maximum atomic E-state index is 13.2. The molecule has 0 aliphatic heterocycles. The van der Waals surface area contributed by atoms with Crippen LogP contribution < -0.4 is 5.32 Å². The summed E-state index contributed by atoms with van der Waals surface area (Å²) in [6.07, 6.45) is 1.38. The minimum absolute atomic E-state index is 0.0745. The van der Waals surface area contributed by atoms with Crippen LogP contribution in [0.5, 0.6) is 0 Å². The Morgan fingerprint density at radius 1 is 1.41 bits per heavy atom. The summed E-state index contributed by atoms with van der Waals surface area (Å²) in [4.78, 5) is 11.3. The fraction of sp³-hybridized carbons (Fsp3) is 0.462. The molecule has 0 atom stereocenters. The van der Waals surface area contributed by atoms with Crippen LogP contribution in [-0.2, 0) is 16.0 Å². The fourth-order valence-corrected chi connectivity index (χ4v) is 1.40. The van der Waals surface area contributed by atoms with E-state index >= 15 is 0 Å². The van der Waals surface area contributed by atoms with Gasteiger partial charge in [-0.15, -0.1) is 0 Å². The Morgan fingerprint density at radius 2 is 2.18 bits per heavy atom. The summed E-state index contributed by atoms with van der Waals surface area (Å²) >= 11 is 0. The summed E-state index contributed by atoms with van der Waals surface area (Å²) in [5, 5.41) is 2.69. The Morgan fingerprint density at radius 3 is 2.88 bits per heavy atom. The number of nitrogens with one attached hydrogen (secondary N) is 1. The average molecular weight is 239 g/mol. The molecular formula is C13H18FNO2. The highest BCUT2D eigenvalue weighted by Crippen LogP contribution is 2.05. The van der Waals surface area contributed by atoms with Gasteiger partial charge in [0.15, 0.2) is 0 Å². The van der Waals surface area contributed by atoms with Gasteiger partial charge in [-0.25, -0.2) is 4.39 Å². The van der Waals surface area contributed by atoms with Crippen LogP contribution in [0.2, 0.25) is 0 Å². The van der Waals surface area contributed by atoms with E-state index in [4.69, 9.17) is 4.74 Å². The Labute approximate surface area is 101 Å². The zero-order chi connectivity index (χ0) is 12.5. The molecule has 0 aromatic heterocycles. The van der Waals surface area contributed by atoms with Crippen molar-refractivity contribution in [3.63, 3.8) is 0 Å². The quantitative estimate of drug-likeness (QED) is 0.738. The standard InChI is InChI=1S/C13H18FNO2/c1-2-9-17-10-13(16)15-8-7-11-5-3-4-6-12(11)14/h3-6H,2,7-10H2,1H3,(H,15,16). The maximum Gasteiger partial charge on any atom is 0.246 e. The van der Waals surface area contributed by atoms with Crippen molar-refractivity contribution in [1.29, 1.82) is 0 Å². The first-order valence-electron chi connectivity index (χ1n) is 5.82. The molecule has 1 rings (SSSR count). The summed E-state index contributed by atoms with van der Waals surface area (Å²) in [5.74, 6) is -0.390. The van der Waals surface area contributed by atoms with Gasteiger partial charge in [-0.1, -0.05) is 25.1 Å². The molecule has 0 heterocycles. The zero-order valence-corrected chi connectivity index (χ0v) is 10.0. The molecule has 4 heteroatoms. The molecule has 1 N–H and O–H groups in total. The van der Waals surface area contributed by atoms with Crippen LogP contribution in [0.15, 0.2) is 24.3 Å². The van der Waals surface area contributed by atoms with Crippen LogP contribution in [0.1, 0.15) is 18.9 Å². The molecule has 0 radical (unpaired) electrons. The Bertz CT molecular complexity index is 355. The van der Waals surface area contributed by atoms with Gasteiger partial charge in [-0.05, 0) is 24.5 Å². The zero-order valence-electron chi connectivity index (χ0n) is 10.0. The molecule has 0 saturated carbocycles. The van der Waals surface area contributed by atoms with Crippen molar-refractivity contribution in [2.24, 2.45) is 0 Å². The number of amides is 1. The molecule has 0 unspecified atom stereocenters. The molecule has 94 valence electrons. The van der Waals surface area contributed by atoms with Crippen LogP contribution in [0.3, 0.4) is 0 Å². The number of hydrogen-bond donors (Lipinski definition) is 1. The monoisotopic (exact) mass is 239 g/mol. The maximum absolute atomic E-state index is 13.2. The number of carbonyl (C=O) groups excluding carboxylic acids is 1. The molecule has 1 amide bonds. The first-order valence-corrected chi connectivity index (χ1v) is 5.82. The molecule has 0 fully saturated rings. The lowest BCUT2D eigenvalue weighted by Crippen LogP contribution is -2.29. The van der Waals surface area contributed by atoms with Gasteiger partial charge in [0, 0.05) is 13.2 Å². The first-order chi connectivity index (χ1) is 8.24. The third-order valence-corrected chi connectivity index (χ3v) is 2.26. The molecule has 0 bridgehead atoms. The van der Waals surface area contributed by atoms with Crippen LogP contribution in [-0.4, -0.2) is 25.7 Å². The van der Waals surface area contributed by atoms with Crippen molar-refractivity contribution in [1.82, 2.24) is 5.32 Å². The highest BCUT2D eigenvalue weighted by atomic mass is 19.1. The predicted molar refractivity (Wildman–Crippen MR) is 64.2 cm³/mol. The first kappa shape index (κ1) is 13.6. The smallest absolute Gasteiger partial charge is 0.246 e. The van der Waals surface area contributed by atoms with Crippen molar-refractivity contribution >= 4 is 5.91 Å². The van der Waals surface area contributed by atoms with E-state index in [-0.39, 0.29) is 18.3 Å². The lowest BCUT2D eigenvalue weighted by atomic mass is 10.1. The van der Waals surface area contributed by atoms with Crippen LogP contribution in [0.25, 0.3) is 0 Å². The third-order valence-electron chi connectivity index (χ3n) is 2.26. The van der Waals surface area contributed by atoms with Crippen molar-refractivity contribution < 1.29 is 13.9 Å². The Balaban J connectivity index is 2.19. The summed E-state index contributed by atoms with van der Waals surface area (Å²) in [6.45, 7) is 3.07. The van der Waals surface area contributed by atoms with E-state index in [1.807, 2.05) is 6.92 Å². The van der Waals surface area contributed by atoms with Gasteiger partial charge < -0.3 is 10.1 Å². The third kappa shape index (κ3) is 5.45. The highest BCUT2D eigenvalue weighted by molar-refractivity contribution is 5.77. The van der Waals surface area contributed by atoms with E-state index in [1.165, 1.54) is 6.07 Å². The number of benzene rings is 1. The minimum atomic E-state index is -0.232. The average Bonchev–Trinajstić information content (AvgIpc) is 2.32. The van der Waals surface area contributed by atoms with Gasteiger partial charge in [0.1, 0.15) is 12.4 Å². The fourth-order valence-electron chi connectivity index (χ4n) is 1.40. The normalized spacial score (nSPS) is 10.2. The van der Waals surface area contributed by atoms with E-state index < -0.39 is 0 Å². The topological polar surface area (TPSA) is 38.3 Å². The second kappa shape index (κ2) is 7.79. The van der Waals surface area contributed by atoms with Gasteiger partial charge in [-0.3, -0.25) is 4.79 Å². The predicted octanol–water partition coefficient (Wildman–Crippen LogP) is 1.91. The summed E-state index contributed by atoms with van der Waals surface area (Å²) < 4.78 is 18.3. The summed E-state index contributed by atoms with van der Waals surface area (Å²) in [6, 6.07) is 6.57. The molecule has 0 aliphatic carbocycles. The lowest BCUT2D eigenvalue weighted by Gasteiger charge is -2.06. The van der Waals surface area contributed by atoms with E-state index in [0.717, 1.165) is 6.42 Å². The summed E-state index contributed by atoms with van der Waals surface area (Å²) in [5.41, 5.74) is 0.613. The van der Waals surface area contributed by atoms with Crippen molar-refractivity contribution in [2.45, 2.75) is 19.8 Å². The van der Waals surface area contributed by atoms with Crippen molar-refractivity contribution in [3.05, 3.63) is 35.6 Å². The van der Waals surface area contributed by atoms with Crippen molar-refractivity contribution in [2.75, 3.05) is 19.8 Å². The molecule has 1 aromatic rings. The van der Waals surface area contributed by atoms with E-state index in [2.05, 4.69) is 5.32 Å². The largest absolute Gasteiger partial charge is 0.372 e. The number of rotatable bonds is 7. The summed E-state index contributed by atoms with van der Waals surface area (Å²) in [7, 11) is 0. The second-order valence-electron chi connectivity index (χ2n) is 3.74. The molecule has 17 heavy (non-hydrogen) atoms. The van der Waals surface area contributed by atoms with Crippen LogP contribution >= 0.6 is 0 Å². The molecular weight excluding hydrogens is 221 g/mol. The molecule has 1 aromatic carbocycles. The van der Waals surface area contributed by atoms with Gasteiger partial charge in [0.05, 0.1) is 0 Å². The van der Waals surface area contributed by atoms with Gasteiger partial charge >= 0.3 is 0 Å². The van der Waals surface area contributed by atoms with Crippen LogP contribution in [0.4, 0.5) is 4.39 Å². The van der Waals surface area contributed by atoms with E-state index in [9.17, 15) is 9.18 Å². The van der Waals surface area contributed by atoms with Crippen molar-refractivity contribution in [3.8, 4) is 0 Å². The van der Waals surface area contributed by atoms with E-state index in [0.29, 0.717) is 25.1 Å². The van der Waals surface area contributed by atoms with E-state index in [1.54, 1.807) is 18.2 Å². The molecule has 0 saturated heterocycles. The Hall–Kier alpha value is -1.42. The Kier molecular flexibility index (Phi) is 6.25. The molecule has 0 spiro atoms. The molecule has 0 aliphatic rings. The van der Waals surface area contributed by atoms with Gasteiger partial charge in [-0.2, -0.15) is 0 Å². The number of carbonyl (C=O) groups is 1. The minimum Gasteiger partial charge on any atom is -0.372 e. The number of hydrogen-bond acceptors (Lipinski definition) is 2. The SMILES string of the molecule is CCCOCC(=O)NCCc1ccccc1F. The highest BCUT2D eigenvalue weighted by Gasteiger charge is 2.03. The lowest BCUT2D eigenvalue weighted by molar-refractivity contribution is -0.125. The van der Waals surface area contributed by atoms with Crippen LogP contribution in [0, 0.1) is 5.82 Å². The second-order valence-corrected chi connectivity index (χ2v) is 3.74. The molecule has 3 nitrogen and oxygen atoms in total. The van der Waals surface area contributed by atoms with Gasteiger partial charge in [0.2, 0.25) is 5.91 Å². The number of ether oxygens (including phenoxy) is 1.